The Balaban J connectivity index is 2.52. The van der Waals surface area contributed by atoms with Crippen LogP contribution in [0.5, 0.6) is 0 Å². The van der Waals surface area contributed by atoms with Gasteiger partial charge in [0.15, 0.2) is 0 Å². The van der Waals surface area contributed by atoms with Crippen LogP contribution in [0.25, 0.3) is 0 Å². The molecular weight excluding hydrogens is 178 g/mol. The van der Waals surface area contributed by atoms with E-state index in [1.807, 2.05) is 6.92 Å². The molecule has 4 heteroatoms. The molecule has 1 aliphatic rings. The number of hydrazine groups is 1. The van der Waals surface area contributed by atoms with Gasteiger partial charge in [-0.25, -0.2) is 5.84 Å². The number of nitrogens with zero attached hydrogens (tertiary/aromatic N) is 1. The van der Waals surface area contributed by atoms with Gasteiger partial charge in [-0.15, -0.1) is 0 Å². The Labute approximate surface area is 85.8 Å². The maximum atomic E-state index is 11.5. The van der Waals surface area contributed by atoms with Gasteiger partial charge in [0.2, 0.25) is 0 Å². The second-order valence-electron chi connectivity index (χ2n) is 3.88. The van der Waals surface area contributed by atoms with Crippen molar-refractivity contribution in [3.63, 3.8) is 0 Å². The summed E-state index contributed by atoms with van der Waals surface area (Å²) in [6.07, 6.45) is 5.82. The van der Waals surface area contributed by atoms with Crippen molar-refractivity contribution >= 4 is 5.91 Å². The van der Waals surface area contributed by atoms with Crippen molar-refractivity contribution in [2.75, 3.05) is 13.1 Å². The first-order valence-corrected chi connectivity index (χ1v) is 5.54. The van der Waals surface area contributed by atoms with Gasteiger partial charge < -0.3 is 0 Å². The Morgan fingerprint density at radius 1 is 1.36 bits per heavy atom. The molecule has 0 radical (unpaired) electrons. The summed E-state index contributed by atoms with van der Waals surface area (Å²) in [6.45, 7) is 4.10. The number of hydrogen-bond donors (Lipinski definition) is 2. The average Bonchev–Trinajstić information content (AvgIpc) is 2.47. The molecule has 14 heavy (non-hydrogen) atoms. The number of amides is 1. The first-order valence-electron chi connectivity index (χ1n) is 5.54. The molecule has 0 saturated carbocycles. The van der Waals surface area contributed by atoms with Crippen molar-refractivity contribution in [2.24, 2.45) is 5.84 Å². The molecule has 0 aromatic rings. The summed E-state index contributed by atoms with van der Waals surface area (Å²) >= 11 is 0. The Morgan fingerprint density at radius 2 is 1.93 bits per heavy atom. The minimum atomic E-state index is -0.0469. The summed E-state index contributed by atoms with van der Waals surface area (Å²) in [7, 11) is 0. The smallest absolute Gasteiger partial charge is 0.251 e. The largest absolute Gasteiger partial charge is 0.293 e. The van der Waals surface area contributed by atoms with Crippen molar-refractivity contribution in [2.45, 2.75) is 45.1 Å². The third-order valence-corrected chi connectivity index (χ3v) is 2.91. The van der Waals surface area contributed by atoms with Crippen LogP contribution in [0.3, 0.4) is 0 Å². The van der Waals surface area contributed by atoms with Crippen LogP contribution in [0.4, 0.5) is 0 Å². The molecule has 1 amide bonds. The first kappa shape index (κ1) is 11.5. The second kappa shape index (κ2) is 5.98. The monoisotopic (exact) mass is 199 g/mol. The molecule has 3 N–H and O–H groups in total. The predicted molar refractivity (Wildman–Crippen MR) is 56.5 cm³/mol. The van der Waals surface area contributed by atoms with E-state index in [0.717, 1.165) is 19.5 Å². The lowest BCUT2D eigenvalue weighted by Crippen LogP contribution is -2.49. The number of carbonyl (C=O) groups excluding carboxylic acids is 1. The highest BCUT2D eigenvalue weighted by molar-refractivity contribution is 5.81. The van der Waals surface area contributed by atoms with E-state index in [9.17, 15) is 4.79 Å². The lowest BCUT2D eigenvalue weighted by Gasteiger charge is -2.27. The Kier molecular flexibility index (Phi) is 4.90. The summed E-state index contributed by atoms with van der Waals surface area (Å²) in [5.41, 5.74) is 2.25. The lowest BCUT2D eigenvalue weighted by atomic mass is 10.1. The molecule has 1 aliphatic heterocycles. The van der Waals surface area contributed by atoms with Gasteiger partial charge in [0.25, 0.3) is 5.91 Å². The molecule has 0 aliphatic carbocycles. The molecule has 82 valence electrons. The van der Waals surface area contributed by atoms with E-state index in [1.54, 1.807) is 0 Å². The van der Waals surface area contributed by atoms with Crippen molar-refractivity contribution in [3.8, 4) is 0 Å². The molecule has 0 bridgehead atoms. The zero-order chi connectivity index (χ0) is 10.4. The summed E-state index contributed by atoms with van der Waals surface area (Å²) < 4.78 is 0. The second-order valence-corrected chi connectivity index (χ2v) is 3.88. The lowest BCUT2D eigenvalue weighted by molar-refractivity contribution is -0.126. The zero-order valence-electron chi connectivity index (χ0n) is 8.96. The topological polar surface area (TPSA) is 58.4 Å². The van der Waals surface area contributed by atoms with Gasteiger partial charge in [0, 0.05) is 0 Å². The van der Waals surface area contributed by atoms with Crippen LogP contribution >= 0.6 is 0 Å². The summed E-state index contributed by atoms with van der Waals surface area (Å²) in [5.74, 6) is 5.12. The highest BCUT2D eigenvalue weighted by Crippen LogP contribution is 2.14. The maximum Gasteiger partial charge on any atom is 0.251 e. The molecule has 1 saturated heterocycles. The minimum Gasteiger partial charge on any atom is -0.293 e. The summed E-state index contributed by atoms with van der Waals surface area (Å²) in [5, 5.41) is 0. The molecule has 1 fully saturated rings. The van der Waals surface area contributed by atoms with Crippen LogP contribution in [-0.2, 0) is 4.79 Å². The molecular formula is C10H21N3O. The van der Waals surface area contributed by atoms with E-state index >= 15 is 0 Å². The summed E-state index contributed by atoms with van der Waals surface area (Å²) in [4.78, 5) is 13.7. The van der Waals surface area contributed by atoms with Crippen molar-refractivity contribution in [1.29, 1.82) is 0 Å². The molecule has 0 unspecified atom stereocenters. The highest BCUT2D eigenvalue weighted by Gasteiger charge is 2.23. The van der Waals surface area contributed by atoms with Crippen LogP contribution in [0.15, 0.2) is 0 Å². The van der Waals surface area contributed by atoms with Crippen LogP contribution in [0.2, 0.25) is 0 Å². The van der Waals surface area contributed by atoms with Gasteiger partial charge in [0.1, 0.15) is 0 Å². The summed E-state index contributed by atoms with van der Waals surface area (Å²) in [6, 6.07) is -0.0295. The number of hydrogen-bond acceptors (Lipinski definition) is 3. The Hall–Kier alpha value is -0.610. The van der Waals surface area contributed by atoms with E-state index < -0.39 is 0 Å². The quantitative estimate of drug-likeness (QED) is 0.398. The van der Waals surface area contributed by atoms with Crippen molar-refractivity contribution in [3.05, 3.63) is 0 Å². The molecule has 1 atom stereocenters. The number of carbonyl (C=O) groups is 1. The number of rotatable bonds is 3. The molecule has 1 heterocycles. The van der Waals surface area contributed by atoms with Crippen molar-refractivity contribution in [1.82, 2.24) is 10.3 Å². The molecule has 1 rings (SSSR count). The van der Waals surface area contributed by atoms with E-state index in [0.29, 0.717) is 0 Å². The van der Waals surface area contributed by atoms with Gasteiger partial charge in [-0.05, 0) is 32.4 Å². The van der Waals surface area contributed by atoms with Gasteiger partial charge in [0.05, 0.1) is 6.04 Å². The average molecular weight is 199 g/mol. The van der Waals surface area contributed by atoms with Gasteiger partial charge in [-0.2, -0.15) is 0 Å². The number of likely N-dealkylation sites (tertiary alicyclic amines) is 1. The fourth-order valence-corrected chi connectivity index (χ4v) is 2.11. The highest BCUT2D eigenvalue weighted by atomic mass is 16.2. The molecule has 0 aromatic heterocycles. The minimum absolute atomic E-state index is 0.0295. The van der Waals surface area contributed by atoms with Crippen LogP contribution in [-0.4, -0.2) is 29.9 Å². The van der Waals surface area contributed by atoms with E-state index in [4.69, 9.17) is 5.84 Å². The zero-order valence-corrected chi connectivity index (χ0v) is 8.96. The first-order chi connectivity index (χ1) is 6.79. The van der Waals surface area contributed by atoms with Crippen LogP contribution < -0.4 is 11.3 Å². The molecule has 0 spiro atoms. The number of nitrogens with one attached hydrogen (secondary N) is 1. The van der Waals surface area contributed by atoms with Crippen LogP contribution in [0.1, 0.15) is 39.0 Å². The van der Waals surface area contributed by atoms with Crippen molar-refractivity contribution < 1.29 is 4.79 Å². The third-order valence-electron chi connectivity index (χ3n) is 2.91. The number of nitrogens with two attached hydrogens (primary N) is 1. The fraction of sp³-hybridized carbons (Fsp3) is 0.900. The normalized spacial score (nSPS) is 21.3. The fourth-order valence-electron chi connectivity index (χ4n) is 2.11. The maximum absolute atomic E-state index is 11.5. The Bertz CT molecular complexity index is 176. The van der Waals surface area contributed by atoms with Gasteiger partial charge in [-0.3, -0.25) is 15.1 Å². The molecule has 4 nitrogen and oxygen atoms in total. The SMILES string of the molecule is CC[C@H](C(=O)NN)N1CCCCCC1. The standard InChI is InChI=1S/C10H21N3O/c1-2-9(10(14)12-11)13-7-5-3-4-6-8-13/h9H,2-8,11H2,1H3,(H,12,14)/t9-/m1/s1. The predicted octanol–water partition coefficient (Wildman–Crippen LogP) is 0.631. The van der Waals surface area contributed by atoms with E-state index in [2.05, 4.69) is 10.3 Å². The Morgan fingerprint density at radius 3 is 2.36 bits per heavy atom. The third kappa shape index (κ3) is 2.96. The van der Waals surface area contributed by atoms with Gasteiger partial charge >= 0.3 is 0 Å². The molecule has 0 aromatic carbocycles. The van der Waals surface area contributed by atoms with Gasteiger partial charge in [-0.1, -0.05) is 19.8 Å². The van der Waals surface area contributed by atoms with Crippen LogP contribution in [0, 0.1) is 0 Å². The van der Waals surface area contributed by atoms with E-state index in [-0.39, 0.29) is 11.9 Å². The van der Waals surface area contributed by atoms with E-state index in [1.165, 1.54) is 25.7 Å².